The maximum Gasteiger partial charge on any atom is 0.303 e. The van der Waals surface area contributed by atoms with Crippen LogP contribution in [-0.4, -0.2) is 48.8 Å². The van der Waals surface area contributed by atoms with Crippen LogP contribution in [0.15, 0.2) is 52.8 Å². The lowest BCUT2D eigenvalue weighted by Crippen LogP contribution is -2.46. The van der Waals surface area contributed by atoms with Gasteiger partial charge in [-0.1, -0.05) is 18.2 Å². The topological polar surface area (TPSA) is 130 Å². The Morgan fingerprint density at radius 1 is 0.867 bits per heavy atom. The summed E-state index contributed by atoms with van der Waals surface area (Å²) in [5.41, 5.74) is 0.593. The van der Waals surface area contributed by atoms with E-state index in [-0.39, 0.29) is 0 Å². The predicted octanol–water partition coefficient (Wildman–Crippen LogP) is 2.64. The van der Waals surface area contributed by atoms with Crippen molar-refractivity contribution >= 4 is 29.6 Å². The molecule has 1 aromatic rings. The summed E-state index contributed by atoms with van der Waals surface area (Å²) in [5.74, 6) is -2.75. The van der Waals surface area contributed by atoms with Gasteiger partial charge in [0.15, 0.2) is 18.3 Å². The standard InChI is InChI=1S/C20H24N2O8/c1-13(23)27-12-19(29-15(3)25)20(30-16(4)26)18(28-14(2)24)10-11-21-22-17-8-6-5-7-9-17/h5-11,18-20H,12H2,1-4H3/b11-10-,22-21?/t18-,19+,20-/m1/s1. The fourth-order valence-electron chi connectivity index (χ4n) is 2.28. The van der Waals surface area contributed by atoms with Crippen molar-refractivity contribution in [1.29, 1.82) is 0 Å². The highest BCUT2D eigenvalue weighted by molar-refractivity contribution is 5.69. The van der Waals surface area contributed by atoms with Crippen LogP contribution in [0, 0.1) is 0 Å². The zero-order chi connectivity index (χ0) is 22.5. The van der Waals surface area contributed by atoms with Crippen molar-refractivity contribution in [1.82, 2.24) is 0 Å². The number of carbonyl (C=O) groups is 4. The van der Waals surface area contributed by atoms with E-state index < -0.39 is 48.8 Å². The van der Waals surface area contributed by atoms with Crippen LogP contribution in [-0.2, 0) is 38.1 Å². The molecule has 10 heteroatoms. The number of nitrogens with zero attached hydrogens (tertiary/aromatic N) is 2. The average molecular weight is 420 g/mol. The van der Waals surface area contributed by atoms with Crippen LogP contribution in [0.2, 0.25) is 0 Å². The third-order valence-electron chi connectivity index (χ3n) is 3.33. The van der Waals surface area contributed by atoms with Crippen LogP contribution in [0.1, 0.15) is 27.7 Å². The lowest BCUT2D eigenvalue weighted by atomic mass is 10.1. The van der Waals surface area contributed by atoms with E-state index in [0.717, 1.165) is 20.8 Å². The molecule has 0 fully saturated rings. The monoisotopic (exact) mass is 420 g/mol. The molecule has 0 bridgehead atoms. The summed E-state index contributed by atoms with van der Waals surface area (Å²) < 4.78 is 20.4. The van der Waals surface area contributed by atoms with Crippen molar-refractivity contribution in [2.45, 2.75) is 46.0 Å². The summed E-state index contributed by atoms with van der Waals surface area (Å²) in [4.78, 5) is 45.8. The number of hydrogen-bond acceptors (Lipinski definition) is 10. The zero-order valence-electron chi connectivity index (χ0n) is 17.1. The molecule has 162 valence electrons. The smallest absolute Gasteiger partial charge is 0.303 e. The molecule has 0 aliphatic heterocycles. The summed E-state index contributed by atoms with van der Waals surface area (Å²) >= 11 is 0. The first-order valence-electron chi connectivity index (χ1n) is 8.96. The Labute approximate surface area is 173 Å². The second kappa shape index (κ2) is 12.8. The number of rotatable bonds is 10. The number of azo groups is 1. The summed E-state index contributed by atoms with van der Waals surface area (Å²) in [6.45, 7) is 4.18. The van der Waals surface area contributed by atoms with Crippen LogP contribution in [0.3, 0.4) is 0 Å². The molecule has 0 spiro atoms. The molecular weight excluding hydrogens is 396 g/mol. The van der Waals surface area contributed by atoms with E-state index in [0.29, 0.717) is 5.69 Å². The van der Waals surface area contributed by atoms with E-state index in [4.69, 9.17) is 18.9 Å². The number of ether oxygens (including phenoxy) is 4. The van der Waals surface area contributed by atoms with Gasteiger partial charge in [-0.25, -0.2) is 0 Å². The highest BCUT2D eigenvalue weighted by Gasteiger charge is 2.36. The van der Waals surface area contributed by atoms with Crippen molar-refractivity contribution in [2.75, 3.05) is 6.61 Å². The highest BCUT2D eigenvalue weighted by Crippen LogP contribution is 2.17. The molecule has 30 heavy (non-hydrogen) atoms. The first-order valence-corrected chi connectivity index (χ1v) is 8.96. The first-order chi connectivity index (χ1) is 14.2. The second-order valence-electron chi connectivity index (χ2n) is 5.99. The van der Waals surface area contributed by atoms with Crippen LogP contribution in [0.4, 0.5) is 5.69 Å². The third-order valence-corrected chi connectivity index (χ3v) is 3.33. The summed E-state index contributed by atoms with van der Waals surface area (Å²) in [6, 6.07) is 8.87. The molecule has 0 aliphatic carbocycles. The number of hydrogen-bond donors (Lipinski definition) is 0. The molecule has 0 radical (unpaired) electrons. The van der Waals surface area contributed by atoms with Crippen LogP contribution in [0.5, 0.6) is 0 Å². The Kier molecular flexibility index (Phi) is 10.5. The van der Waals surface area contributed by atoms with Gasteiger partial charge in [0.25, 0.3) is 0 Å². The van der Waals surface area contributed by atoms with Gasteiger partial charge < -0.3 is 18.9 Å². The van der Waals surface area contributed by atoms with Gasteiger partial charge in [-0.05, 0) is 18.2 Å². The van der Waals surface area contributed by atoms with Crippen molar-refractivity contribution in [3.05, 3.63) is 42.6 Å². The van der Waals surface area contributed by atoms with Gasteiger partial charge in [-0.3, -0.25) is 19.2 Å². The van der Waals surface area contributed by atoms with Crippen molar-refractivity contribution < 1.29 is 38.1 Å². The van der Waals surface area contributed by atoms with Gasteiger partial charge in [0.2, 0.25) is 0 Å². The maximum atomic E-state index is 11.6. The van der Waals surface area contributed by atoms with E-state index in [1.165, 1.54) is 19.2 Å². The number of carbonyl (C=O) groups excluding carboxylic acids is 4. The van der Waals surface area contributed by atoms with Crippen molar-refractivity contribution in [3.63, 3.8) is 0 Å². The summed E-state index contributed by atoms with van der Waals surface area (Å²) in [7, 11) is 0. The number of esters is 4. The fourth-order valence-corrected chi connectivity index (χ4v) is 2.28. The molecule has 0 saturated carbocycles. The normalized spacial score (nSPS) is 14.0. The molecule has 1 aromatic carbocycles. The van der Waals surface area contributed by atoms with Gasteiger partial charge in [0, 0.05) is 33.9 Å². The van der Waals surface area contributed by atoms with Crippen LogP contribution < -0.4 is 0 Å². The molecular formula is C20H24N2O8. The van der Waals surface area contributed by atoms with Crippen LogP contribution >= 0.6 is 0 Å². The molecule has 0 amide bonds. The fraction of sp³-hybridized carbons (Fsp3) is 0.400. The molecule has 10 nitrogen and oxygen atoms in total. The molecule has 0 unspecified atom stereocenters. The minimum Gasteiger partial charge on any atom is -0.462 e. The van der Waals surface area contributed by atoms with Crippen molar-refractivity contribution in [3.8, 4) is 0 Å². The Balaban J connectivity index is 3.14. The van der Waals surface area contributed by atoms with Gasteiger partial charge in [-0.15, -0.1) is 0 Å². The average Bonchev–Trinajstić information content (AvgIpc) is 2.66. The molecule has 0 aromatic heterocycles. The number of benzene rings is 1. The minimum atomic E-state index is -1.29. The Morgan fingerprint density at radius 2 is 1.47 bits per heavy atom. The van der Waals surface area contributed by atoms with Gasteiger partial charge in [0.1, 0.15) is 6.61 Å². The molecule has 3 atom stereocenters. The zero-order valence-corrected chi connectivity index (χ0v) is 17.1. The largest absolute Gasteiger partial charge is 0.462 e. The van der Waals surface area contributed by atoms with E-state index in [1.807, 2.05) is 6.07 Å². The van der Waals surface area contributed by atoms with E-state index in [2.05, 4.69) is 10.2 Å². The highest BCUT2D eigenvalue weighted by atomic mass is 16.6. The van der Waals surface area contributed by atoms with Gasteiger partial charge in [0.05, 0.1) is 5.69 Å². The molecule has 1 rings (SSSR count). The predicted molar refractivity (Wildman–Crippen MR) is 103 cm³/mol. The SMILES string of the molecule is CC(=O)OC[C@H](OC(C)=O)[C@H](OC(C)=O)[C@@H](/C=C\N=Nc1ccccc1)OC(C)=O. The van der Waals surface area contributed by atoms with Gasteiger partial charge in [-0.2, -0.15) is 10.2 Å². The lowest BCUT2D eigenvalue weighted by molar-refractivity contribution is -0.185. The second-order valence-corrected chi connectivity index (χ2v) is 5.99. The molecule has 0 aliphatic rings. The first kappa shape index (κ1) is 24.5. The Morgan fingerprint density at radius 3 is 2.00 bits per heavy atom. The molecule has 0 heterocycles. The van der Waals surface area contributed by atoms with E-state index in [9.17, 15) is 19.2 Å². The van der Waals surface area contributed by atoms with Gasteiger partial charge >= 0.3 is 23.9 Å². The molecule has 0 saturated heterocycles. The quantitative estimate of drug-likeness (QED) is 0.321. The Hall–Kier alpha value is -3.56. The van der Waals surface area contributed by atoms with E-state index >= 15 is 0 Å². The lowest BCUT2D eigenvalue weighted by Gasteiger charge is -2.30. The maximum absolute atomic E-state index is 11.6. The Bertz CT molecular complexity index is 791. The third kappa shape index (κ3) is 10.1. The summed E-state index contributed by atoms with van der Waals surface area (Å²) in [5, 5.41) is 7.83. The summed E-state index contributed by atoms with van der Waals surface area (Å²) in [6.07, 6.45) is -1.16. The van der Waals surface area contributed by atoms with Crippen molar-refractivity contribution in [2.24, 2.45) is 10.2 Å². The van der Waals surface area contributed by atoms with E-state index in [1.54, 1.807) is 24.3 Å². The molecule has 0 N–H and O–H groups in total. The van der Waals surface area contributed by atoms with Crippen LogP contribution in [0.25, 0.3) is 0 Å². The minimum absolute atomic E-state index is 0.413.